The Labute approximate surface area is 107 Å². The van der Waals surface area contributed by atoms with E-state index in [0.29, 0.717) is 17.0 Å². The van der Waals surface area contributed by atoms with Crippen LogP contribution in [0.5, 0.6) is 0 Å². The molecule has 2 heteroatoms. The lowest BCUT2D eigenvalue weighted by atomic mass is 9.84. The summed E-state index contributed by atoms with van der Waals surface area (Å²) in [7, 11) is 0. The second kappa shape index (κ2) is 4.85. The molecule has 0 N–H and O–H groups in total. The van der Waals surface area contributed by atoms with Gasteiger partial charge in [-0.3, -0.25) is 4.79 Å². The summed E-state index contributed by atoms with van der Waals surface area (Å²) in [5.74, 6) is 1.14. The van der Waals surface area contributed by atoms with Crippen LogP contribution in [0, 0.1) is 5.92 Å². The molecule has 1 aromatic carbocycles. The van der Waals surface area contributed by atoms with Crippen LogP contribution < -0.4 is 0 Å². The molecule has 1 aliphatic carbocycles. The summed E-state index contributed by atoms with van der Waals surface area (Å²) >= 11 is 2.02. The number of carbonyl (C=O) groups excluding carboxylic acids is 1. The van der Waals surface area contributed by atoms with Crippen molar-refractivity contribution in [1.29, 1.82) is 0 Å². The van der Waals surface area contributed by atoms with Crippen molar-refractivity contribution >= 4 is 17.5 Å². The molecule has 0 amide bonds. The lowest BCUT2D eigenvalue weighted by molar-refractivity contribution is -0.121. The predicted molar refractivity (Wildman–Crippen MR) is 71.4 cm³/mol. The Hall–Kier alpha value is -0.760. The number of fused-ring (bicyclic) bond motifs is 1. The predicted octanol–water partition coefficient (Wildman–Crippen LogP) is 3.85. The van der Waals surface area contributed by atoms with E-state index in [4.69, 9.17) is 0 Å². The van der Waals surface area contributed by atoms with E-state index in [1.165, 1.54) is 29.7 Å². The van der Waals surface area contributed by atoms with Gasteiger partial charge in [0.05, 0.1) is 0 Å². The van der Waals surface area contributed by atoms with Crippen molar-refractivity contribution in [3.63, 3.8) is 0 Å². The maximum atomic E-state index is 11.5. The molecule has 2 unspecified atom stereocenters. The van der Waals surface area contributed by atoms with Crippen molar-refractivity contribution in [2.45, 2.75) is 48.7 Å². The monoisotopic (exact) mass is 246 g/mol. The highest BCUT2D eigenvalue weighted by Gasteiger charge is 2.27. The van der Waals surface area contributed by atoms with Crippen LogP contribution >= 0.6 is 11.8 Å². The molecule has 0 spiro atoms. The minimum Gasteiger partial charge on any atom is -0.300 e. The van der Waals surface area contributed by atoms with Gasteiger partial charge in [-0.05, 0) is 43.2 Å². The van der Waals surface area contributed by atoms with Crippen molar-refractivity contribution in [3.05, 3.63) is 29.8 Å². The highest BCUT2D eigenvalue weighted by molar-refractivity contribution is 8.00. The van der Waals surface area contributed by atoms with Crippen LogP contribution in [0.4, 0.5) is 0 Å². The van der Waals surface area contributed by atoms with Gasteiger partial charge in [-0.15, -0.1) is 11.8 Å². The molecular weight excluding hydrogens is 228 g/mol. The number of hydrogen-bond acceptors (Lipinski definition) is 2. The summed E-state index contributed by atoms with van der Waals surface area (Å²) in [5.41, 5.74) is 1.50. The molecule has 2 atom stereocenters. The van der Waals surface area contributed by atoms with Gasteiger partial charge in [0.1, 0.15) is 5.78 Å². The van der Waals surface area contributed by atoms with E-state index in [1.54, 1.807) is 0 Å². The molecule has 1 aliphatic heterocycles. The second-order valence-corrected chi connectivity index (χ2v) is 6.63. The molecule has 0 saturated heterocycles. The summed E-state index contributed by atoms with van der Waals surface area (Å²) in [6.45, 7) is 0. The second-order valence-electron chi connectivity index (χ2n) is 5.29. The third-order valence-electron chi connectivity index (χ3n) is 3.89. The average Bonchev–Trinajstić information content (AvgIpc) is 2.71. The van der Waals surface area contributed by atoms with Crippen LogP contribution in [0.3, 0.4) is 0 Å². The van der Waals surface area contributed by atoms with Crippen LogP contribution in [0.2, 0.25) is 0 Å². The number of rotatable bonds is 2. The fourth-order valence-corrected chi connectivity index (χ4v) is 4.52. The van der Waals surface area contributed by atoms with E-state index in [2.05, 4.69) is 24.3 Å². The Kier molecular flexibility index (Phi) is 3.24. The van der Waals surface area contributed by atoms with Gasteiger partial charge in [0.2, 0.25) is 0 Å². The zero-order valence-corrected chi connectivity index (χ0v) is 10.8. The SMILES string of the molecule is O=C1CCCC(CC2Cc3ccccc3S2)C1. The Morgan fingerprint density at radius 1 is 1.24 bits per heavy atom. The minimum atomic E-state index is 0.488. The largest absolute Gasteiger partial charge is 0.300 e. The molecule has 1 aromatic rings. The third kappa shape index (κ3) is 2.57. The first-order chi connectivity index (χ1) is 8.31. The molecule has 17 heavy (non-hydrogen) atoms. The molecule has 1 nitrogen and oxygen atoms in total. The number of carbonyl (C=O) groups is 1. The first kappa shape index (κ1) is 11.3. The van der Waals surface area contributed by atoms with Crippen molar-refractivity contribution in [2.75, 3.05) is 0 Å². The first-order valence-electron chi connectivity index (χ1n) is 6.57. The van der Waals surface area contributed by atoms with Gasteiger partial charge in [0, 0.05) is 23.0 Å². The van der Waals surface area contributed by atoms with Gasteiger partial charge in [-0.1, -0.05) is 18.2 Å². The fourth-order valence-electron chi connectivity index (χ4n) is 3.07. The molecule has 1 saturated carbocycles. The molecular formula is C15H18OS. The van der Waals surface area contributed by atoms with Crippen molar-refractivity contribution in [2.24, 2.45) is 5.92 Å². The van der Waals surface area contributed by atoms with Crippen LogP contribution in [0.25, 0.3) is 0 Å². The van der Waals surface area contributed by atoms with Gasteiger partial charge < -0.3 is 0 Å². The maximum absolute atomic E-state index is 11.5. The van der Waals surface area contributed by atoms with E-state index >= 15 is 0 Å². The Balaban J connectivity index is 1.60. The summed E-state index contributed by atoms with van der Waals surface area (Å²) in [6.07, 6.45) is 6.48. The maximum Gasteiger partial charge on any atom is 0.133 e. The van der Waals surface area contributed by atoms with E-state index in [1.807, 2.05) is 11.8 Å². The van der Waals surface area contributed by atoms with E-state index < -0.39 is 0 Å². The Morgan fingerprint density at radius 3 is 2.94 bits per heavy atom. The third-order valence-corrected chi connectivity index (χ3v) is 5.24. The molecule has 0 aromatic heterocycles. The van der Waals surface area contributed by atoms with E-state index in [0.717, 1.165) is 19.3 Å². The molecule has 90 valence electrons. The summed E-state index contributed by atoms with van der Waals surface area (Å²) in [5, 5.41) is 0.711. The number of hydrogen-bond donors (Lipinski definition) is 0. The van der Waals surface area contributed by atoms with Crippen molar-refractivity contribution < 1.29 is 4.79 Å². The highest BCUT2D eigenvalue weighted by atomic mass is 32.2. The number of ketones is 1. The molecule has 1 fully saturated rings. The van der Waals surface area contributed by atoms with Gasteiger partial charge in [0.25, 0.3) is 0 Å². The lowest BCUT2D eigenvalue weighted by Gasteiger charge is -2.23. The average molecular weight is 246 g/mol. The van der Waals surface area contributed by atoms with Gasteiger partial charge in [-0.25, -0.2) is 0 Å². The number of benzene rings is 1. The normalized spacial score (nSPS) is 28.1. The summed E-state index contributed by atoms with van der Waals surface area (Å²) in [6, 6.07) is 8.73. The molecule has 2 aliphatic rings. The van der Waals surface area contributed by atoms with Crippen molar-refractivity contribution in [3.8, 4) is 0 Å². The van der Waals surface area contributed by atoms with Gasteiger partial charge >= 0.3 is 0 Å². The lowest BCUT2D eigenvalue weighted by Crippen LogP contribution is -2.18. The zero-order chi connectivity index (χ0) is 11.7. The highest BCUT2D eigenvalue weighted by Crippen LogP contribution is 2.41. The molecule has 3 rings (SSSR count). The zero-order valence-electron chi connectivity index (χ0n) is 10.0. The summed E-state index contributed by atoms with van der Waals surface area (Å²) in [4.78, 5) is 12.9. The Bertz CT molecular complexity index is 402. The Morgan fingerprint density at radius 2 is 2.12 bits per heavy atom. The smallest absolute Gasteiger partial charge is 0.133 e. The standard InChI is InChI=1S/C15H18OS/c16-13-6-3-4-11(8-13)9-14-10-12-5-1-2-7-15(12)17-14/h1-2,5,7,11,14H,3-4,6,8-10H2. The molecule has 0 radical (unpaired) electrons. The summed E-state index contributed by atoms with van der Waals surface area (Å²) < 4.78 is 0. The van der Waals surface area contributed by atoms with E-state index in [-0.39, 0.29) is 0 Å². The first-order valence-corrected chi connectivity index (χ1v) is 7.45. The van der Waals surface area contributed by atoms with Crippen LogP contribution in [0.1, 0.15) is 37.7 Å². The van der Waals surface area contributed by atoms with E-state index in [9.17, 15) is 4.79 Å². The molecule has 1 heterocycles. The van der Waals surface area contributed by atoms with Crippen molar-refractivity contribution in [1.82, 2.24) is 0 Å². The van der Waals surface area contributed by atoms with Gasteiger partial charge in [-0.2, -0.15) is 0 Å². The van der Waals surface area contributed by atoms with Crippen LogP contribution in [-0.2, 0) is 11.2 Å². The quantitative estimate of drug-likeness (QED) is 0.788. The topological polar surface area (TPSA) is 17.1 Å². The van der Waals surface area contributed by atoms with Crippen LogP contribution in [0.15, 0.2) is 29.2 Å². The minimum absolute atomic E-state index is 0.488. The molecule has 0 bridgehead atoms. The van der Waals surface area contributed by atoms with Crippen LogP contribution in [-0.4, -0.2) is 11.0 Å². The number of Topliss-reactive ketones (excluding diaryl/α,β-unsaturated/α-hetero) is 1. The van der Waals surface area contributed by atoms with Gasteiger partial charge in [0.15, 0.2) is 0 Å². The fraction of sp³-hybridized carbons (Fsp3) is 0.533. The number of thioether (sulfide) groups is 1.